The van der Waals surface area contributed by atoms with Gasteiger partial charge in [-0.3, -0.25) is 15.1 Å². The zero-order valence-corrected chi connectivity index (χ0v) is 14.6. The molecule has 0 atom stereocenters. The number of ether oxygens (including phenoxy) is 2. The average molecular weight is 367 g/mol. The molecule has 0 aliphatic carbocycles. The maximum atomic E-state index is 11.7. The number of carbonyl (C=O) groups is 2. The second-order valence-corrected chi connectivity index (χ2v) is 5.76. The van der Waals surface area contributed by atoms with Crippen LogP contribution in [0.1, 0.15) is 15.9 Å². The molecule has 1 aromatic heterocycles. The van der Waals surface area contributed by atoms with Crippen LogP contribution in [0.5, 0.6) is 17.2 Å². The number of aryl methyl sites for hydroxylation is 1. The van der Waals surface area contributed by atoms with Gasteiger partial charge in [-0.25, -0.2) is 4.79 Å². The molecule has 4 N–H and O–H groups in total. The van der Waals surface area contributed by atoms with Gasteiger partial charge in [-0.15, -0.1) is 0 Å². The minimum atomic E-state index is -1.14. The summed E-state index contributed by atoms with van der Waals surface area (Å²) < 4.78 is 11.2. The van der Waals surface area contributed by atoms with E-state index in [1.165, 1.54) is 7.11 Å². The van der Waals surface area contributed by atoms with Gasteiger partial charge in [0.25, 0.3) is 5.91 Å². The molecule has 1 heterocycles. The first-order chi connectivity index (χ1) is 12.9. The van der Waals surface area contributed by atoms with Gasteiger partial charge in [0.15, 0.2) is 0 Å². The molecule has 3 aromatic rings. The molecule has 0 aliphatic heterocycles. The van der Waals surface area contributed by atoms with Crippen LogP contribution in [0, 0.1) is 6.92 Å². The molecular formula is C19H17N3O5. The Morgan fingerprint density at radius 1 is 1.11 bits per heavy atom. The van der Waals surface area contributed by atoms with E-state index in [1.807, 2.05) is 0 Å². The minimum Gasteiger partial charge on any atom is -0.496 e. The zero-order valence-electron chi connectivity index (χ0n) is 14.6. The largest absolute Gasteiger partial charge is 0.496 e. The lowest BCUT2D eigenvalue weighted by molar-refractivity contribution is 0.0997. The number of methoxy groups -OCH3 is 1. The van der Waals surface area contributed by atoms with Crippen molar-refractivity contribution in [3.8, 4) is 17.2 Å². The molecule has 27 heavy (non-hydrogen) atoms. The standard InChI is InChI=1S/C19H17N3O5/c1-10-7-11(22-19(24)25)3-4-15(10)27-16-5-6-21-14-9-17(26-2)13(18(20)23)8-12(14)16/h3-9,22H,1-2H3,(H2,20,23)(H,24,25). The Morgan fingerprint density at radius 2 is 1.89 bits per heavy atom. The number of amides is 2. The van der Waals surface area contributed by atoms with Gasteiger partial charge in [-0.05, 0) is 42.8 Å². The summed E-state index contributed by atoms with van der Waals surface area (Å²) in [6.07, 6.45) is 0.438. The lowest BCUT2D eigenvalue weighted by Crippen LogP contribution is -2.12. The fraction of sp³-hybridized carbons (Fsp3) is 0.105. The van der Waals surface area contributed by atoms with Crippen LogP contribution in [0.15, 0.2) is 42.6 Å². The van der Waals surface area contributed by atoms with E-state index in [2.05, 4.69) is 10.3 Å². The van der Waals surface area contributed by atoms with Gasteiger partial charge < -0.3 is 20.3 Å². The molecule has 0 spiro atoms. The third-order valence-electron chi connectivity index (χ3n) is 3.93. The summed E-state index contributed by atoms with van der Waals surface area (Å²) in [5.74, 6) is 0.728. The first-order valence-corrected chi connectivity index (χ1v) is 7.94. The van der Waals surface area contributed by atoms with Crippen LogP contribution in [-0.4, -0.2) is 29.2 Å². The van der Waals surface area contributed by atoms with Crippen LogP contribution < -0.4 is 20.5 Å². The fourth-order valence-electron chi connectivity index (χ4n) is 2.68. The highest BCUT2D eigenvalue weighted by Gasteiger charge is 2.15. The van der Waals surface area contributed by atoms with E-state index >= 15 is 0 Å². The number of nitrogens with one attached hydrogen (secondary N) is 1. The van der Waals surface area contributed by atoms with Gasteiger partial charge in [-0.1, -0.05) is 0 Å². The van der Waals surface area contributed by atoms with Crippen molar-refractivity contribution in [3.05, 3.63) is 53.7 Å². The van der Waals surface area contributed by atoms with Gasteiger partial charge in [0, 0.05) is 23.3 Å². The van der Waals surface area contributed by atoms with Crippen LogP contribution in [0.2, 0.25) is 0 Å². The lowest BCUT2D eigenvalue weighted by Gasteiger charge is -2.13. The number of aromatic nitrogens is 1. The van der Waals surface area contributed by atoms with Gasteiger partial charge in [0.1, 0.15) is 17.2 Å². The topological polar surface area (TPSA) is 124 Å². The van der Waals surface area contributed by atoms with Crippen molar-refractivity contribution in [2.45, 2.75) is 6.92 Å². The molecule has 8 heteroatoms. The number of hydrogen-bond donors (Lipinski definition) is 3. The predicted molar refractivity (Wildman–Crippen MR) is 99.7 cm³/mol. The molecule has 0 bridgehead atoms. The Morgan fingerprint density at radius 3 is 2.52 bits per heavy atom. The summed E-state index contributed by atoms with van der Waals surface area (Å²) in [6, 6.07) is 9.78. The van der Waals surface area contributed by atoms with Crippen molar-refractivity contribution in [1.29, 1.82) is 0 Å². The number of primary amides is 1. The van der Waals surface area contributed by atoms with Crippen LogP contribution >= 0.6 is 0 Å². The number of nitrogens with two attached hydrogens (primary N) is 1. The molecule has 2 aromatic carbocycles. The first-order valence-electron chi connectivity index (χ1n) is 7.94. The van der Waals surface area contributed by atoms with Gasteiger partial charge in [0.2, 0.25) is 0 Å². The quantitative estimate of drug-likeness (QED) is 0.634. The summed E-state index contributed by atoms with van der Waals surface area (Å²) >= 11 is 0. The molecular weight excluding hydrogens is 350 g/mol. The van der Waals surface area contributed by atoms with Gasteiger partial charge in [0.05, 0.1) is 18.2 Å². The average Bonchev–Trinajstić information content (AvgIpc) is 2.62. The SMILES string of the molecule is COc1cc2nccc(Oc3ccc(NC(=O)O)cc3C)c2cc1C(N)=O. The molecule has 0 fully saturated rings. The van der Waals surface area contributed by atoms with Crippen molar-refractivity contribution in [2.24, 2.45) is 5.73 Å². The van der Waals surface area contributed by atoms with E-state index in [1.54, 1.807) is 49.5 Å². The Hall–Kier alpha value is -3.81. The van der Waals surface area contributed by atoms with E-state index in [0.29, 0.717) is 33.8 Å². The maximum Gasteiger partial charge on any atom is 0.409 e. The Bertz CT molecular complexity index is 1050. The van der Waals surface area contributed by atoms with Gasteiger partial charge in [-0.2, -0.15) is 0 Å². The number of nitrogens with zero attached hydrogens (tertiary/aromatic N) is 1. The van der Waals surface area contributed by atoms with Crippen molar-refractivity contribution in [1.82, 2.24) is 4.98 Å². The molecule has 2 amide bonds. The van der Waals surface area contributed by atoms with Crippen molar-refractivity contribution >= 4 is 28.6 Å². The van der Waals surface area contributed by atoms with Crippen molar-refractivity contribution < 1.29 is 24.2 Å². The third kappa shape index (κ3) is 3.74. The second-order valence-electron chi connectivity index (χ2n) is 5.76. The molecule has 3 rings (SSSR count). The Labute approximate surface area is 154 Å². The zero-order chi connectivity index (χ0) is 19.6. The summed E-state index contributed by atoms with van der Waals surface area (Å²) in [4.78, 5) is 26.7. The summed E-state index contributed by atoms with van der Waals surface area (Å²) in [6.45, 7) is 1.80. The first kappa shape index (κ1) is 18.0. The number of rotatable bonds is 5. The lowest BCUT2D eigenvalue weighted by atomic mass is 10.1. The minimum absolute atomic E-state index is 0.223. The van der Waals surface area contributed by atoms with E-state index < -0.39 is 12.0 Å². The third-order valence-corrected chi connectivity index (χ3v) is 3.93. The van der Waals surface area contributed by atoms with Crippen molar-refractivity contribution in [3.63, 3.8) is 0 Å². The number of benzene rings is 2. The van der Waals surface area contributed by atoms with Crippen LogP contribution in [0.3, 0.4) is 0 Å². The molecule has 0 aliphatic rings. The van der Waals surface area contributed by atoms with Crippen molar-refractivity contribution in [2.75, 3.05) is 12.4 Å². The number of hydrogen-bond acceptors (Lipinski definition) is 5. The highest BCUT2D eigenvalue weighted by Crippen LogP contribution is 2.34. The van der Waals surface area contributed by atoms with Gasteiger partial charge >= 0.3 is 6.09 Å². The van der Waals surface area contributed by atoms with E-state index in [9.17, 15) is 9.59 Å². The predicted octanol–water partition coefficient (Wildman–Crippen LogP) is 3.53. The number of anilines is 1. The fourth-order valence-corrected chi connectivity index (χ4v) is 2.68. The molecule has 0 radical (unpaired) electrons. The number of fused-ring (bicyclic) bond motifs is 1. The van der Waals surface area contributed by atoms with E-state index in [-0.39, 0.29) is 5.56 Å². The number of carboxylic acid groups (broad SMARTS) is 1. The Balaban J connectivity index is 2.03. The van der Waals surface area contributed by atoms with E-state index in [4.69, 9.17) is 20.3 Å². The van der Waals surface area contributed by atoms with E-state index in [0.717, 1.165) is 5.56 Å². The monoisotopic (exact) mass is 367 g/mol. The smallest absolute Gasteiger partial charge is 0.409 e. The molecule has 8 nitrogen and oxygen atoms in total. The van der Waals surface area contributed by atoms with Crippen LogP contribution in [0.4, 0.5) is 10.5 Å². The normalized spacial score (nSPS) is 10.4. The Kier molecular flexibility index (Phi) is 4.80. The molecule has 138 valence electrons. The number of carbonyl (C=O) groups excluding carboxylic acids is 1. The highest BCUT2D eigenvalue weighted by atomic mass is 16.5. The highest BCUT2D eigenvalue weighted by molar-refractivity contribution is 6.01. The summed E-state index contributed by atoms with van der Waals surface area (Å²) in [5, 5.41) is 11.7. The molecule has 0 saturated carbocycles. The summed E-state index contributed by atoms with van der Waals surface area (Å²) in [7, 11) is 1.45. The summed E-state index contributed by atoms with van der Waals surface area (Å²) in [5.41, 5.74) is 7.40. The second kappa shape index (κ2) is 7.20. The molecule has 0 unspecified atom stereocenters. The van der Waals surface area contributed by atoms with Crippen LogP contribution in [0.25, 0.3) is 10.9 Å². The maximum absolute atomic E-state index is 11.7. The van der Waals surface area contributed by atoms with Crippen LogP contribution in [-0.2, 0) is 0 Å². The molecule has 0 saturated heterocycles. The number of pyridine rings is 1.